The first-order valence-electron chi connectivity index (χ1n) is 10.4. The normalized spacial score (nSPS) is 14.4. The number of rotatable bonds is 7. The van der Waals surface area contributed by atoms with Crippen LogP contribution in [0.4, 0.5) is 5.13 Å². The first-order valence-corrected chi connectivity index (χ1v) is 13.9. The van der Waals surface area contributed by atoms with Gasteiger partial charge in [-0.1, -0.05) is 53.0 Å². The van der Waals surface area contributed by atoms with Crippen LogP contribution in [-0.4, -0.2) is 62.5 Å². The first-order chi connectivity index (χ1) is 17.2. The van der Waals surface area contributed by atoms with Crippen LogP contribution >= 0.6 is 46.1 Å². The van der Waals surface area contributed by atoms with Crippen molar-refractivity contribution in [3.63, 3.8) is 0 Å². The molecule has 9 nitrogen and oxygen atoms in total. The van der Waals surface area contributed by atoms with E-state index >= 15 is 0 Å². The standard InChI is InChI=1S/C22H18Cl3N3O6S2/c23-15-4-2-1-3-13(15)18-12-35-22(26-18)27-20(29)11-34-21(30)14-9-19(17(25)10-16(14)24)36(31,32)28-5-7-33-8-6-28/h1-4,9-10,12H,5-8,11H2,(H,26,27,29). The molecule has 1 aliphatic rings. The molecular weight excluding hydrogens is 573 g/mol. The highest BCUT2D eigenvalue weighted by Crippen LogP contribution is 2.32. The molecule has 14 heteroatoms. The third-order valence-electron chi connectivity index (χ3n) is 5.06. The molecule has 36 heavy (non-hydrogen) atoms. The predicted octanol–water partition coefficient (Wildman–Crippen LogP) is 4.59. The zero-order chi connectivity index (χ0) is 25.9. The van der Waals surface area contributed by atoms with Crippen LogP contribution in [0.1, 0.15) is 10.4 Å². The van der Waals surface area contributed by atoms with Gasteiger partial charge in [0.25, 0.3) is 5.91 Å². The molecule has 1 N–H and O–H groups in total. The molecule has 190 valence electrons. The first kappa shape index (κ1) is 26.8. The molecule has 0 atom stereocenters. The van der Waals surface area contributed by atoms with Crippen molar-refractivity contribution in [3.8, 4) is 11.3 Å². The molecule has 0 bridgehead atoms. The minimum absolute atomic E-state index is 0.115. The van der Waals surface area contributed by atoms with Crippen LogP contribution in [0.25, 0.3) is 11.3 Å². The average molecular weight is 591 g/mol. The number of sulfonamides is 1. The molecule has 0 saturated carbocycles. The van der Waals surface area contributed by atoms with Gasteiger partial charge in [0.1, 0.15) is 4.90 Å². The lowest BCUT2D eigenvalue weighted by molar-refractivity contribution is -0.119. The number of ether oxygens (including phenoxy) is 2. The minimum Gasteiger partial charge on any atom is -0.452 e. The lowest BCUT2D eigenvalue weighted by Crippen LogP contribution is -2.40. The van der Waals surface area contributed by atoms with E-state index in [0.29, 0.717) is 16.3 Å². The molecule has 0 radical (unpaired) electrons. The second-order valence-electron chi connectivity index (χ2n) is 7.42. The van der Waals surface area contributed by atoms with Gasteiger partial charge in [-0.25, -0.2) is 18.2 Å². The van der Waals surface area contributed by atoms with Gasteiger partial charge in [0.2, 0.25) is 10.0 Å². The van der Waals surface area contributed by atoms with Crippen molar-refractivity contribution in [2.45, 2.75) is 4.90 Å². The Morgan fingerprint density at radius 2 is 1.81 bits per heavy atom. The lowest BCUT2D eigenvalue weighted by Gasteiger charge is -2.26. The number of morpholine rings is 1. The third kappa shape index (κ3) is 6.00. The van der Waals surface area contributed by atoms with E-state index in [-0.39, 0.29) is 51.9 Å². The molecule has 0 spiro atoms. The summed E-state index contributed by atoms with van der Waals surface area (Å²) >= 11 is 19.6. The molecule has 1 aromatic heterocycles. The van der Waals surface area contributed by atoms with Crippen LogP contribution in [0.2, 0.25) is 15.1 Å². The maximum absolute atomic E-state index is 13.0. The van der Waals surface area contributed by atoms with Gasteiger partial charge >= 0.3 is 5.97 Å². The van der Waals surface area contributed by atoms with Gasteiger partial charge < -0.3 is 9.47 Å². The van der Waals surface area contributed by atoms with Gasteiger partial charge in [0, 0.05) is 29.1 Å². The largest absolute Gasteiger partial charge is 0.452 e. The quantitative estimate of drug-likeness (QED) is 0.400. The monoisotopic (exact) mass is 589 g/mol. The van der Waals surface area contributed by atoms with Gasteiger partial charge in [-0.15, -0.1) is 11.3 Å². The topological polar surface area (TPSA) is 115 Å². The fourth-order valence-electron chi connectivity index (χ4n) is 3.30. The maximum atomic E-state index is 13.0. The van der Waals surface area contributed by atoms with Crippen LogP contribution in [-0.2, 0) is 24.3 Å². The van der Waals surface area contributed by atoms with E-state index in [4.69, 9.17) is 44.3 Å². The molecule has 1 fully saturated rings. The number of nitrogens with one attached hydrogen (secondary N) is 1. The summed E-state index contributed by atoms with van der Waals surface area (Å²) in [5, 5.41) is 4.82. The summed E-state index contributed by atoms with van der Waals surface area (Å²) in [6, 6.07) is 9.34. The average Bonchev–Trinajstić information content (AvgIpc) is 3.31. The number of carbonyl (C=O) groups excluding carboxylic acids is 2. The number of hydrogen-bond donors (Lipinski definition) is 1. The van der Waals surface area contributed by atoms with Crippen molar-refractivity contribution in [2.24, 2.45) is 0 Å². The third-order valence-corrected chi connectivity index (χ3v) is 8.83. The summed E-state index contributed by atoms with van der Waals surface area (Å²) in [6.45, 7) is 0.136. The summed E-state index contributed by atoms with van der Waals surface area (Å²) in [5.41, 5.74) is 1.05. The van der Waals surface area contributed by atoms with Crippen LogP contribution in [0.5, 0.6) is 0 Å². The number of anilines is 1. The number of carbonyl (C=O) groups is 2. The number of benzene rings is 2. The Labute approximate surface area is 225 Å². The molecule has 1 aliphatic heterocycles. The van der Waals surface area contributed by atoms with E-state index < -0.39 is 28.5 Å². The molecule has 2 heterocycles. The zero-order valence-corrected chi connectivity index (χ0v) is 22.3. The fraction of sp³-hybridized carbons (Fsp3) is 0.227. The number of hydrogen-bond acceptors (Lipinski definition) is 8. The summed E-state index contributed by atoms with van der Waals surface area (Å²) in [7, 11) is -4.00. The Bertz CT molecular complexity index is 1410. The van der Waals surface area contributed by atoms with E-state index in [2.05, 4.69) is 10.3 Å². The Kier molecular flexibility index (Phi) is 8.51. The van der Waals surface area contributed by atoms with Gasteiger partial charge in [0.05, 0.1) is 34.5 Å². The van der Waals surface area contributed by atoms with Crippen LogP contribution < -0.4 is 5.32 Å². The number of halogens is 3. The second-order valence-corrected chi connectivity index (χ2v) is 11.4. The smallest absolute Gasteiger partial charge is 0.340 e. The van der Waals surface area contributed by atoms with Crippen molar-refractivity contribution in [1.82, 2.24) is 9.29 Å². The van der Waals surface area contributed by atoms with E-state index in [1.54, 1.807) is 23.6 Å². The summed E-state index contributed by atoms with van der Waals surface area (Å²) < 4.78 is 37.5. The molecule has 4 rings (SSSR count). The van der Waals surface area contributed by atoms with Crippen LogP contribution in [0.3, 0.4) is 0 Å². The summed E-state index contributed by atoms with van der Waals surface area (Å²) in [4.78, 5) is 29.0. The van der Waals surface area contributed by atoms with Gasteiger partial charge in [0.15, 0.2) is 11.7 Å². The zero-order valence-electron chi connectivity index (χ0n) is 18.4. The molecule has 0 unspecified atom stereocenters. The molecule has 1 amide bonds. The van der Waals surface area contributed by atoms with Gasteiger partial charge in [-0.3, -0.25) is 10.1 Å². The predicted molar refractivity (Wildman–Crippen MR) is 138 cm³/mol. The van der Waals surface area contributed by atoms with E-state index in [9.17, 15) is 18.0 Å². The van der Waals surface area contributed by atoms with Gasteiger partial charge in [-0.2, -0.15) is 4.31 Å². The Morgan fingerprint density at radius 1 is 1.08 bits per heavy atom. The van der Waals surface area contributed by atoms with Crippen LogP contribution in [0, 0.1) is 0 Å². The molecule has 1 saturated heterocycles. The summed E-state index contributed by atoms with van der Waals surface area (Å²) in [6.07, 6.45) is 0. The maximum Gasteiger partial charge on any atom is 0.340 e. The highest BCUT2D eigenvalue weighted by molar-refractivity contribution is 7.89. The highest BCUT2D eigenvalue weighted by Gasteiger charge is 2.30. The van der Waals surface area contributed by atoms with Crippen molar-refractivity contribution < 1.29 is 27.5 Å². The SMILES string of the molecule is O=C(COC(=O)c1cc(S(=O)(=O)N2CCOCC2)c(Cl)cc1Cl)Nc1nc(-c2ccccc2Cl)cs1. The molecule has 0 aliphatic carbocycles. The second kappa shape index (κ2) is 11.4. The minimum atomic E-state index is -4.00. The Morgan fingerprint density at radius 3 is 2.53 bits per heavy atom. The van der Waals surface area contributed by atoms with Gasteiger partial charge in [-0.05, 0) is 18.2 Å². The number of amides is 1. The lowest BCUT2D eigenvalue weighted by atomic mass is 10.2. The Hall–Kier alpha value is -2.25. The van der Waals surface area contributed by atoms with Crippen molar-refractivity contribution >= 4 is 73.2 Å². The van der Waals surface area contributed by atoms with E-state index in [1.807, 2.05) is 6.07 Å². The molecule has 3 aromatic rings. The molecule has 2 aromatic carbocycles. The fourth-order valence-corrected chi connectivity index (χ4v) is 6.49. The van der Waals surface area contributed by atoms with Crippen molar-refractivity contribution in [2.75, 3.05) is 38.2 Å². The highest BCUT2D eigenvalue weighted by atomic mass is 35.5. The summed E-state index contributed by atoms with van der Waals surface area (Å²) in [5.74, 6) is -1.63. The van der Waals surface area contributed by atoms with Crippen molar-refractivity contribution in [3.05, 3.63) is 62.4 Å². The number of esters is 1. The van der Waals surface area contributed by atoms with E-state index in [0.717, 1.165) is 12.1 Å². The molecular formula is C22H18Cl3N3O6S2. The van der Waals surface area contributed by atoms with Crippen LogP contribution in [0.15, 0.2) is 46.7 Å². The number of thiazole rings is 1. The number of aromatic nitrogens is 1. The van der Waals surface area contributed by atoms with Crippen molar-refractivity contribution in [1.29, 1.82) is 0 Å². The van der Waals surface area contributed by atoms with E-state index in [1.165, 1.54) is 15.6 Å². The Balaban J connectivity index is 1.42. The number of nitrogens with zero attached hydrogens (tertiary/aromatic N) is 2.